The fourth-order valence-corrected chi connectivity index (χ4v) is 4.00. The lowest BCUT2D eigenvalue weighted by Crippen LogP contribution is -2.47. The van der Waals surface area contributed by atoms with E-state index in [1.807, 2.05) is 24.3 Å². The van der Waals surface area contributed by atoms with Gasteiger partial charge in [0.05, 0.1) is 18.3 Å². The van der Waals surface area contributed by atoms with Gasteiger partial charge in [-0.05, 0) is 57.3 Å². The molecule has 1 aliphatic rings. The molecule has 0 spiro atoms. The molecule has 1 fully saturated rings. The van der Waals surface area contributed by atoms with Gasteiger partial charge in [0.25, 0.3) is 0 Å². The van der Waals surface area contributed by atoms with Crippen molar-refractivity contribution in [1.29, 1.82) is 0 Å². The van der Waals surface area contributed by atoms with Gasteiger partial charge in [-0.1, -0.05) is 24.3 Å². The molecule has 1 atom stereocenters. The third-order valence-corrected chi connectivity index (χ3v) is 5.98. The van der Waals surface area contributed by atoms with Crippen LogP contribution in [0.1, 0.15) is 36.7 Å². The Hall–Kier alpha value is -3.86. The van der Waals surface area contributed by atoms with Crippen LogP contribution in [-0.4, -0.2) is 60.5 Å². The number of esters is 1. The highest BCUT2D eigenvalue weighted by atomic mass is 19.4. The maximum atomic E-state index is 13.5. The second kappa shape index (κ2) is 10.0. The molecule has 1 aliphatic heterocycles. The topological polar surface area (TPSA) is 91.7 Å². The number of hydrogen-bond acceptors (Lipinski definition) is 6. The van der Waals surface area contributed by atoms with E-state index >= 15 is 0 Å². The van der Waals surface area contributed by atoms with Gasteiger partial charge in [-0.2, -0.15) is 0 Å². The Kier molecular flexibility index (Phi) is 7.44. The number of halogens is 3. The zero-order valence-electron chi connectivity index (χ0n) is 20.2. The summed E-state index contributed by atoms with van der Waals surface area (Å²) in [5, 5.41) is 11.1. The summed E-state index contributed by atoms with van der Waals surface area (Å²) in [7, 11) is 1.00. The van der Waals surface area contributed by atoms with Gasteiger partial charge in [0.1, 0.15) is 11.3 Å². The Labute approximate surface area is 206 Å². The minimum absolute atomic E-state index is 0.00631. The highest BCUT2D eigenvalue weighted by Crippen LogP contribution is 2.39. The zero-order chi connectivity index (χ0) is 26.8. The molecule has 1 heterocycles. The molecule has 36 heavy (non-hydrogen) atoms. The lowest BCUT2D eigenvalue weighted by Gasteiger charge is -2.32. The number of aliphatic hydroxyl groups is 1. The molecular formula is C25H26F3N3O5. The third-order valence-electron chi connectivity index (χ3n) is 5.98. The van der Waals surface area contributed by atoms with Crippen molar-refractivity contribution < 1.29 is 37.3 Å². The van der Waals surface area contributed by atoms with Crippen LogP contribution in [0.5, 0.6) is 5.75 Å². The number of amides is 2. The number of carbonyl (C=O) groups is 2. The van der Waals surface area contributed by atoms with Crippen LogP contribution in [0.4, 0.5) is 29.3 Å². The summed E-state index contributed by atoms with van der Waals surface area (Å²) in [6, 6.07) is 9.70. The number of para-hydroxylation sites is 1. The molecule has 11 heteroatoms. The first kappa shape index (κ1) is 26.7. The van der Waals surface area contributed by atoms with E-state index in [4.69, 9.17) is 0 Å². The van der Waals surface area contributed by atoms with Crippen LogP contribution in [-0.2, 0) is 4.74 Å². The van der Waals surface area contributed by atoms with Crippen molar-refractivity contribution in [2.75, 3.05) is 18.6 Å². The summed E-state index contributed by atoms with van der Waals surface area (Å²) < 4.78 is 47.0. The van der Waals surface area contributed by atoms with Crippen LogP contribution in [0.2, 0.25) is 0 Å². The number of urea groups is 1. The number of nitrogens with zero attached hydrogens (tertiary/aromatic N) is 3. The number of rotatable bonds is 7. The second-order valence-electron chi connectivity index (χ2n) is 8.48. The Morgan fingerprint density at radius 1 is 1.22 bits per heavy atom. The van der Waals surface area contributed by atoms with Gasteiger partial charge >= 0.3 is 18.4 Å². The quantitative estimate of drug-likeness (QED) is 0.415. The Morgan fingerprint density at radius 2 is 1.89 bits per heavy atom. The van der Waals surface area contributed by atoms with E-state index in [-0.39, 0.29) is 12.2 Å². The Morgan fingerprint density at radius 3 is 2.47 bits per heavy atom. The number of carbonyl (C=O) groups excluding carboxylic acids is 2. The van der Waals surface area contributed by atoms with E-state index in [2.05, 4.69) is 21.2 Å². The van der Waals surface area contributed by atoms with E-state index < -0.39 is 41.4 Å². The molecule has 0 aromatic heterocycles. The van der Waals surface area contributed by atoms with Gasteiger partial charge in [0, 0.05) is 17.8 Å². The van der Waals surface area contributed by atoms with Gasteiger partial charge in [-0.3, -0.25) is 9.89 Å². The Balaban J connectivity index is 2.01. The highest BCUT2D eigenvalue weighted by Gasteiger charge is 2.52. The molecular weight excluding hydrogens is 479 g/mol. The lowest BCUT2D eigenvalue weighted by molar-refractivity contribution is -0.274. The van der Waals surface area contributed by atoms with Crippen molar-refractivity contribution in [3.8, 4) is 5.75 Å². The molecule has 0 saturated carbocycles. The van der Waals surface area contributed by atoms with Crippen LogP contribution in [0.25, 0.3) is 5.57 Å². The smallest absolute Gasteiger partial charge is 0.465 e. The van der Waals surface area contributed by atoms with Gasteiger partial charge in [-0.15, -0.1) is 13.2 Å². The van der Waals surface area contributed by atoms with E-state index in [1.54, 1.807) is 26.8 Å². The molecule has 2 aromatic carbocycles. The van der Waals surface area contributed by atoms with Crippen LogP contribution in [0.3, 0.4) is 0 Å². The molecule has 8 nitrogen and oxygen atoms in total. The van der Waals surface area contributed by atoms with Crippen LogP contribution < -0.4 is 9.64 Å². The van der Waals surface area contributed by atoms with E-state index in [0.717, 1.165) is 41.3 Å². The SMILES string of the molecule is C=Nc1ccccc1/C(=C\C)CN1C(=O)N(c2ccc(OC(F)(F)F)c(C(=O)OC)c2)C(O)C1(C)C. The summed E-state index contributed by atoms with van der Waals surface area (Å²) >= 11 is 0. The largest absolute Gasteiger partial charge is 0.573 e. The van der Waals surface area contributed by atoms with Crippen LogP contribution in [0, 0.1) is 0 Å². The van der Waals surface area contributed by atoms with E-state index in [1.165, 1.54) is 4.90 Å². The molecule has 192 valence electrons. The van der Waals surface area contributed by atoms with Crippen LogP contribution >= 0.6 is 0 Å². The number of ether oxygens (including phenoxy) is 2. The number of anilines is 1. The predicted octanol–water partition coefficient (Wildman–Crippen LogP) is 5.15. The van der Waals surface area contributed by atoms with Crippen molar-refractivity contribution in [2.24, 2.45) is 4.99 Å². The second-order valence-corrected chi connectivity index (χ2v) is 8.48. The van der Waals surface area contributed by atoms with Gasteiger partial charge in [0.15, 0.2) is 6.23 Å². The summed E-state index contributed by atoms with van der Waals surface area (Å²) in [4.78, 5) is 32.2. The highest BCUT2D eigenvalue weighted by molar-refractivity contribution is 6.00. The maximum Gasteiger partial charge on any atom is 0.573 e. The number of aliphatic hydroxyl groups excluding tert-OH is 1. The van der Waals surface area contributed by atoms with Gasteiger partial charge in [-0.25, -0.2) is 9.59 Å². The number of benzene rings is 2. The number of allylic oxidation sites excluding steroid dienone is 1. The summed E-state index contributed by atoms with van der Waals surface area (Å²) in [5.74, 6) is -1.89. The van der Waals surface area contributed by atoms with E-state index in [9.17, 15) is 27.9 Å². The zero-order valence-corrected chi connectivity index (χ0v) is 20.2. The summed E-state index contributed by atoms with van der Waals surface area (Å²) in [6.07, 6.45) is -4.62. The number of alkyl halides is 3. The van der Waals surface area contributed by atoms with Crippen molar-refractivity contribution in [1.82, 2.24) is 4.90 Å². The van der Waals surface area contributed by atoms with Crippen molar-refractivity contribution >= 4 is 35.7 Å². The minimum atomic E-state index is -5.05. The normalized spacial score (nSPS) is 17.8. The number of aliphatic imine (C=N–C) groups is 1. The van der Waals surface area contributed by atoms with Crippen molar-refractivity contribution in [3.63, 3.8) is 0 Å². The molecule has 1 unspecified atom stereocenters. The first-order valence-corrected chi connectivity index (χ1v) is 10.8. The molecule has 1 N–H and O–H groups in total. The molecule has 0 aliphatic carbocycles. The molecule has 2 aromatic rings. The first-order chi connectivity index (χ1) is 16.8. The lowest BCUT2D eigenvalue weighted by atomic mass is 9.98. The fraction of sp³-hybridized carbons (Fsp3) is 0.320. The average molecular weight is 505 g/mol. The average Bonchev–Trinajstić information content (AvgIpc) is 3.00. The first-order valence-electron chi connectivity index (χ1n) is 10.8. The van der Waals surface area contributed by atoms with Crippen molar-refractivity contribution in [2.45, 2.75) is 38.9 Å². The standard InChI is InChI=1S/C25H26F3N3O5/c1-6-15(17-9-7-8-10-19(17)29-4)14-30-23(34)31(22(33)24(30,2)3)16-11-12-20(36-25(26,27)28)18(13-16)21(32)35-5/h6-13,22,33H,4,14H2,1-3,5H3/b15-6-. The van der Waals surface area contributed by atoms with E-state index in [0.29, 0.717) is 5.69 Å². The number of hydrogen-bond donors (Lipinski definition) is 1. The number of methoxy groups -OCH3 is 1. The predicted molar refractivity (Wildman–Crippen MR) is 128 cm³/mol. The van der Waals surface area contributed by atoms with Crippen molar-refractivity contribution in [3.05, 3.63) is 59.7 Å². The third kappa shape index (κ3) is 5.06. The Bertz CT molecular complexity index is 1210. The van der Waals surface area contributed by atoms with Gasteiger partial charge < -0.3 is 19.5 Å². The molecule has 0 bridgehead atoms. The maximum absolute atomic E-state index is 13.5. The summed E-state index contributed by atoms with van der Waals surface area (Å²) in [6.45, 7) is 8.80. The molecule has 1 saturated heterocycles. The minimum Gasteiger partial charge on any atom is -0.465 e. The summed E-state index contributed by atoms with van der Waals surface area (Å²) in [5.41, 5.74) is 0.451. The molecule has 0 radical (unpaired) electrons. The fourth-order valence-electron chi connectivity index (χ4n) is 4.00. The molecule has 2 amide bonds. The van der Waals surface area contributed by atoms with Gasteiger partial charge in [0.2, 0.25) is 0 Å². The van der Waals surface area contributed by atoms with Crippen LogP contribution in [0.15, 0.2) is 53.5 Å². The molecule has 3 rings (SSSR count). The monoisotopic (exact) mass is 505 g/mol.